The van der Waals surface area contributed by atoms with Gasteiger partial charge in [0.1, 0.15) is 11.6 Å². The summed E-state index contributed by atoms with van der Waals surface area (Å²) >= 11 is 0. The second kappa shape index (κ2) is 8.61. The summed E-state index contributed by atoms with van der Waals surface area (Å²) in [5.41, 5.74) is 4.72. The lowest BCUT2D eigenvalue weighted by Gasteiger charge is -2.25. The van der Waals surface area contributed by atoms with Crippen LogP contribution in [0.4, 0.5) is 4.39 Å². The molecule has 0 saturated carbocycles. The first-order chi connectivity index (χ1) is 13.6. The highest BCUT2D eigenvalue weighted by Gasteiger charge is 2.26. The molecule has 4 rings (SSSR count). The number of aromatic nitrogens is 1. The smallest absolute Gasteiger partial charge is 0.126 e. The highest BCUT2D eigenvalue weighted by atomic mass is 19.1. The number of hydrogen-bond donors (Lipinski definition) is 1. The van der Waals surface area contributed by atoms with Crippen molar-refractivity contribution < 1.29 is 14.2 Å². The number of hydrogen-bond acceptors (Lipinski definition) is 2. The van der Waals surface area contributed by atoms with Crippen LogP contribution in [0.3, 0.4) is 0 Å². The van der Waals surface area contributed by atoms with E-state index in [9.17, 15) is 9.50 Å². The molecule has 1 fully saturated rings. The minimum Gasteiger partial charge on any atom is -0.508 e. The fourth-order valence-corrected chi connectivity index (χ4v) is 3.96. The molecule has 1 saturated heterocycles. The molecule has 0 bridgehead atoms. The van der Waals surface area contributed by atoms with Crippen molar-refractivity contribution in [1.82, 2.24) is 4.57 Å². The Morgan fingerprint density at radius 3 is 2.50 bits per heavy atom. The largest absolute Gasteiger partial charge is 0.508 e. The predicted molar refractivity (Wildman–Crippen MR) is 114 cm³/mol. The molecule has 1 aliphatic heterocycles. The van der Waals surface area contributed by atoms with Crippen molar-refractivity contribution in [2.45, 2.75) is 39.5 Å². The van der Waals surface area contributed by atoms with Crippen molar-refractivity contribution in [3.05, 3.63) is 65.6 Å². The Hall–Kier alpha value is -2.59. The number of nitrogens with zero attached hydrogens (tertiary/aromatic N) is 1. The first-order valence-electron chi connectivity index (χ1n) is 9.94. The van der Waals surface area contributed by atoms with E-state index in [1.807, 2.05) is 38.1 Å². The maximum atomic E-state index is 13.8. The summed E-state index contributed by atoms with van der Waals surface area (Å²) < 4.78 is 21.6. The molecule has 0 radical (unpaired) electrons. The van der Waals surface area contributed by atoms with Crippen molar-refractivity contribution in [2.24, 2.45) is 0 Å². The first kappa shape index (κ1) is 20.2. The summed E-state index contributed by atoms with van der Waals surface area (Å²) in [5, 5.41) is 11.0. The van der Waals surface area contributed by atoms with Gasteiger partial charge in [-0.15, -0.1) is 0 Å². The van der Waals surface area contributed by atoms with E-state index in [4.69, 9.17) is 4.74 Å². The minimum atomic E-state index is -0.209. The van der Waals surface area contributed by atoms with Gasteiger partial charge >= 0.3 is 0 Å². The molecule has 2 aromatic carbocycles. The van der Waals surface area contributed by atoms with E-state index in [0.717, 1.165) is 53.9 Å². The van der Waals surface area contributed by atoms with Gasteiger partial charge < -0.3 is 14.4 Å². The average molecular weight is 381 g/mol. The molecule has 28 heavy (non-hydrogen) atoms. The van der Waals surface area contributed by atoms with Crippen molar-refractivity contribution in [3.8, 4) is 11.4 Å². The molecule has 0 spiro atoms. The zero-order chi connectivity index (χ0) is 20.3. The zero-order valence-electron chi connectivity index (χ0n) is 16.8. The third-order valence-electron chi connectivity index (χ3n) is 5.24. The van der Waals surface area contributed by atoms with Gasteiger partial charge in [0.25, 0.3) is 0 Å². The maximum absolute atomic E-state index is 13.8. The summed E-state index contributed by atoms with van der Waals surface area (Å²) in [6, 6.07) is 10.6. The fourth-order valence-electron chi connectivity index (χ4n) is 3.96. The van der Waals surface area contributed by atoms with E-state index in [0.29, 0.717) is 11.5 Å². The van der Waals surface area contributed by atoms with E-state index in [2.05, 4.69) is 11.1 Å². The monoisotopic (exact) mass is 381 g/mol. The molecule has 3 aromatic rings. The van der Waals surface area contributed by atoms with Gasteiger partial charge in [-0.25, -0.2) is 4.39 Å². The van der Waals surface area contributed by atoms with E-state index < -0.39 is 0 Å². The van der Waals surface area contributed by atoms with Gasteiger partial charge in [-0.2, -0.15) is 0 Å². The molecule has 4 heteroatoms. The standard InChI is InChI=1S/C22H22FNO2.C2H6/c1-3-18-19-13-17(25)5-7-21(19)24(16-4-6-20(23)14(2)12-16)22(18)15-8-10-26-11-9-15;1-2/h3-7,12-13,15,25H,1,8-11H2,2H3;1-2H3. The molecule has 2 heterocycles. The number of benzene rings is 2. The van der Waals surface area contributed by atoms with Crippen LogP contribution in [0.2, 0.25) is 0 Å². The number of phenolic OH excluding ortho intramolecular Hbond substituents is 1. The highest BCUT2D eigenvalue weighted by molar-refractivity contribution is 5.93. The topological polar surface area (TPSA) is 34.4 Å². The van der Waals surface area contributed by atoms with Crippen LogP contribution >= 0.6 is 0 Å². The summed E-state index contributed by atoms with van der Waals surface area (Å²) in [4.78, 5) is 0. The maximum Gasteiger partial charge on any atom is 0.126 e. The van der Waals surface area contributed by atoms with Crippen LogP contribution < -0.4 is 0 Å². The van der Waals surface area contributed by atoms with Gasteiger partial charge in [-0.05, 0) is 61.7 Å². The van der Waals surface area contributed by atoms with Crippen LogP contribution in [0.1, 0.15) is 49.4 Å². The number of ether oxygens (including phenoxy) is 1. The Kier molecular flexibility index (Phi) is 6.20. The molecule has 3 nitrogen and oxygen atoms in total. The molecular weight excluding hydrogens is 353 g/mol. The van der Waals surface area contributed by atoms with Crippen LogP contribution in [0.5, 0.6) is 5.75 Å². The van der Waals surface area contributed by atoms with Crippen molar-refractivity contribution >= 4 is 17.0 Å². The number of aryl methyl sites for hydroxylation is 1. The van der Waals surface area contributed by atoms with Gasteiger partial charge in [0.2, 0.25) is 0 Å². The summed E-state index contributed by atoms with van der Waals surface area (Å²) in [6.45, 7) is 11.3. The predicted octanol–water partition coefficient (Wildman–Crippen LogP) is 6.35. The number of fused-ring (bicyclic) bond motifs is 1. The zero-order valence-corrected chi connectivity index (χ0v) is 16.8. The molecule has 1 aromatic heterocycles. The molecular formula is C24H28FNO2. The van der Waals surface area contributed by atoms with Gasteiger partial charge in [0, 0.05) is 41.5 Å². The van der Waals surface area contributed by atoms with Gasteiger partial charge in [-0.1, -0.05) is 26.5 Å². The molecule has 1 aliphatic rings. The fraction of sp³-hybridized carbons (Fsp3) is 0.333. The Labute approximate surface area is 166 Å². The van der Waals surface area contributed by atoms with E-state index in [1.54, 1.807) is 19.1 Å². The Balaban J connectivity index is 0.00000109. The van der Waals surface area contributed by atoms with E-state index in [1.165, 1.54) is 6.07 Å². The van der Waals surface area contributed by atoms with Crippen molar-refractivity contribution in [2.75, 3.05) is 13.2 Å². The molecule has 148 valence electrons. The quantitative estimate of drug-likeness (QED) is 0.574. The first-order valence-corrected chi connectivity index (χ1v) is 9.94. The second-order valence-corrected chi connectivity index (χ2v) is 6.86. The summed E-state index contributed by atoms with van der Waals surface area (Å²) in [7, 11) is 0. The van der Waals surface area contributed by atoms with Crippen LogP contribution in [0.15, 0.2) is 43.0 Å². The number of rotatable bonds is 3. The molecule has 1 N–H and O–H groups in total. The summed E-state index contributed by atoms with van der Waals surface area (Å²) in [6.07, 6.45) is 3.73. The van der Waals surface area contributed by atoms with Crippen LogP contribution in [0, 0.1) is 12.7 Å². The lowest BCUT2D eigenvalue weighted by molar-refractivity contribution is 0.0842. The Morgan fingerprint density at radius 1 is 1.14 bits per heavy atom. The summed E-state index contributed by atoms with van der Waals surface area (Å²) in [5.74, 6) is 0.350. The number of aromatic hydroxyl groups is 1. The number of phenols is 1. The van der Waals surface area contributed by atoms with Crippen molar-refractivity contribution in [1.29, 1.82) is 0 Å². The highest BCUT2D eigenvalue weighted by Crippen LogP contribution is 2.40. The second-order valence-electron chi connectivity index (χ2n) is 6.86. The van der Waals surface area contributed by atoms with Gasteiger partial charge in [0.15, 0.2) is 0 Å². The third-order valence-corrected chi connectivity index (χ3v) is 5.24. The molecule has 0 unspecified atom stereocenters. The normalized spacial score (nSPS) is 14.6. The van der Waals surface area contributed by atoms with E-state index >= 15 is 0 Å². The average Bonchev–Trinajstić information content (AvgIpc) is 3.05. The minimum absolute atomic E-state index is 0.209. The van der Waals surface area contributed by atoms with Gasteiger partial charge in [-0.3, -0.25) is 0 Å². The number of halogens is 1. The van der Waals surface area contributed by atoms with Gasteiger partial charge in [0.05, 0.1) is 5.52 Å². The van der Waals surface area contributed by atoms with E-state index in [-0.39, 0.29) is 11.6 Å². The lowest BCUT2D eigenvalue weighted by Crippen LogP contribution is -2.17. The molecule has 0 atom stereocenters. The third kappa shape index (κ3) is 3.57. The molecule has 0 aliphatic carbocycles. The Bertz CT molecular complexity index is 984. The SMILES string of the molecule is C=Cc1c(C2CCOCC2)n(-c2ccc(F)c(C)c2)c2ccc(O)cc12.CC. The van der Waals surface area contributed by atoms with Crippen LogP contribution in [-0.2, 0) is 4.74 Å². The van der Waals surface area contributed by atoms with Crippen LogP contribution in [0.25, 0.3) is 22.7 Å². The van der Waals surface area contributed by atoms with Crippen LogP contribution in [-0.4, -0.2) is 22.9 Å². The lowest BCUT2D eigenvalue weighted by atomic mass is 9.92. The van der Waals surface area contributed by atoms with Crippen molar-refractivity contribution in [3.63, 3.8) is 0 Å². The molecule has 0 amide bonds. The Morgan fingerprint density at radius 2 is 1.86 bits per heavy atom.